The zero-order chi connectivity index (χ0) is 20.2. The molecule has 0 saturated carbocycles. The number of rotatable bonds is 6. The summed E-state index contributed by atoms with van der Waals surface area (Å²) in [6.45, 7) is 0.181. The van der Waals surface area contributed by atoms with Crippen LogP contribution in [0.2, 0.25) is 0 Å². The molecule has 0 fully saturated rings. The first-order chi connectivity index (χ1) is 14.1. The van der Waals surface area contributed by atoms with E-state index < -0.39 is 0 Å². The summed E-state index contributed by atoms with van der Waals surface area (Å²) in [5.41, 5.74) is 2.07. The van der Waals surface area contributed by atoms with Crippen LogP contribution < -0.4 is 4.57 Å². The predicted octanol–water partition coefficient (Wildman–Crippen LogP) is 4.72. The number of carbonyl (C=O) groups is 2. The predicted molar refractivity (Wildman–Crippen MR) is 117 cm³/mol. The summed E-state index contributed by atoms with van der Waals surface area (Å²) >= 11 is 4.42. The van der Waals surface area contributed by atoms with Gasteiger partial charge in [0.15, 0.2) is 17.7 Å². The van der Waals surface area contributed by atoms with Gasteiger partial charge in [0.2, 0.25) is 12.3 Å². The Kier molecular flexibility index (Phi) is 5.54. The summed E-state index contributed by atoms with van der Waals surface area (Å²) in [4.78, 5) is 26.5. The Morgan fingerprint density at radius 2 is 1.45 bits per heavy atom. The molecular formula is C25H20NO2S+. The molecule has 0 radical (unpaired) electrons. The van der Waals surface area contributed by atoms with Crippen LogP contribution >= 0.6 is 12.6 Å². The Labute approximate surface area is 175 Å². The maximum Gasteiger partial charge on any atom is 0.227 e. The van der Waals surface area contributed by atoms with Crippen LogP contribution in [0.25, 0.3) is 10.8 Å². The molecule has 29 heavy (non-hydrogen) atoms. The number of ketones is 2. The van der Waals surface area contributed by atoms with Gasteiger partial charge in [0.25, 0.3) is 0 Å². The standard InChI is InChI=1S/C25H19NO2S/c27-23(21-12-6-7-13-25(21)29)16-22-20-11-5-4-8-18(20)14-15-26(22)17-24(28)19-9-2-1-3-10-19/h1-15H,16-17H2/p+1. The fourth-order valence-corrected chi connectivity index (χ4v) is 3.78. The first-order valence-electron chi connectivity index (χ1n) is 9.43. The van der Waals surface area contributed by atoms with Gasteiger partial charge in [0, 0.05) is 27.5 Å². The number of nitrogens with zero attached hydrogens (tertiary/aromatic N) is 1. The molecule has 0 N–H and O–H groups in total. The van der Waals surface area contributed by atoms with Gasteiger partial charge in [-0.1, -0.05) is 66.7 Å². The third kappa shape index (κ3) is 4.13. The summed E-state index contributed by atoms with van der Waals surface area (Å²) < 4.78 is 1.89. The first-order valence-corrected chi connectivity index (χ1v) is 9.88. The Morgan fingerprint density at radius 1 is 0.759 bits per heavy atom. The molecule has 0 amide bonds. The summed E-state index contributed by atoms with van der Waals surface area (Å²) in [6.07, 6.45) is 2.08. The molecule has 3 aromatic carbocycles. The van der Waals surface area contributed by atoms with Crippen molar-refractivity contribution in [1.82, 2.24) is 0 Å². The van der Waals surface area contributed by atoms with Crippen LogP contribution in [0.3, 0.4) is 0 Å². The van der Waals surface area contributed by atoms with E-state index in [1.165, 1.54) is 0 Å². The summed E-state index contributed by atoms with van der Waals surface area (Å²) in [7, 11) is 0. The lowest BCUT2D eigenvalue weighted by Crippen LogP contribution is -2.42. The zero-order valence-corrected chi connectivity index (χ0v) is 16.7. The Hall–Kier alpha value is -3.24. The number of thiol groups is 1. The highest BCUT2D eigenvalue weighted by Gasteiger charge is 2.23. The first kappa shape index (κ1) is 19.1. The van der Waals surface area contributed by atoms with Gasteiger partial charge in [-0.3, -0.25) is 9.59 Å². The lowest BCUT2D eigenvalue weighted by molar-refractivity contribution is -0.688. The number of benzene rings is 3. The molecule has 0 aliphatic heterocycles. The second kappa shape index (κ2) is 8.41. The maximum absolute atomic E-state index is 13.0. The minimum Gasteiger partial charge on any atom is -0.294 e. The molecule has 0 saturated heterocycles. The summed E-state index contributed by atoms with van der Waals surface area (Å²) in [5, 5.41) is 2.01. The molecule has 1 aromatic heterocycles. The van der Waals surface area contributed by atoms with Gasteiger partial charge in [-0.15, -0.1) is 12.6 Å². The molecular weight excluding hydrogens is 378 g/mol. The second-order valence-corrected chi connectivity index (χ2v) is 7.37. The molecule has 142 valence electrons. The molecule has 1 heterocycles. The second-order valence-electron chi connectivity index (χ2n) is 6.88. The molecule has 0 spiro atoms. The van der Waals surface area contributed by atoms with Crippen LogP contribution in [0.15, 0.2) is 96.0 Å². The minimum atomic E-state index is -0.0205. The largest absolute Gasteiger partial charge is 0.294 e. The molecule has 0 bridgehead atoms. The highest BCUT2D eigenvalue weighted by molar-refractivity contribution is 7.80. The molecule has 0 atom stereocenters. The van der Waals surface area contributed by atoms with E-state index in [0.717, 1.165) is 16.5 Å². The maximum atomic E-state index is 13.0. The molecule has 4 aromatic rings. The van der Waals surface area contributed by atoms with Gasteiger partial charge in [0.1, 0.15) is 0 Å². The van der Waals surface area contributed by atoms with Crippen molar-refractivity contribution in [3.63, 3.8) is 0 Å². The van der Waals surface area contributed by atoms with Crippen LogP contribution in [-0.4, -0.2) is 11.6 Å². The van der Waals surface area contributed by atoms with Gasteiger partial charge in [-0.05, 0) is 17.5 Å². The van der Waals surface area contributed by atoms with Crippen molar-refractivity contribution in [2.24, 2.45) is 0 Å². The van der Waals surface area contributed by atoms with Gasteiger partial charge in [0.05, 0.1) is 6.42 Å². The minimum absolute atomic E-state index is 0.00850. The monoisotopic (exact) mass is 398 g/mol. The zero-order valence-electron chi connectivity index (χ0n) is 15.8. The van der Waals surface area contributed by atoms with Crippen molar-refractivity contribution >= 4 is 35.0 Å². The third-order valence-corrected chi connectivity index (χ3v) is 5.38. The van der Waals surface area contributed by atoms with Crippen molar-refractivity contribution in [2.75, 3.05) is 0 Å². The molecule has 0 unspecified atom stereocenters. The van der Waals surface area contributed by atoms with Gasteiger partial charge in [-0.2, -0.15) is 4.57 Å². The molecule has 3 nitrogen and oxygen atoms in total. The fraction of sp³-hybridized carbons (Fsp3) is 0.0800. The van der Waals surface area contributed by atoms with Crippen molar-refractivity contribution in [2.45, 2.75) is 17.9 Å². The van der Waals surface area contributed by atoms with E-state index >= 15 is 0 Å². The number of Topliss-reactive ketones (excluding diaryl/α,β-unsaturated/α-hetero) is 2. The van der Waals surface area contributed by atoms with E-state index in [2.05, 4.69) is 12.6 Å². The van der Waals surface area contributed by atoms with Crippen LogP contribution in [0, 0.1) is 0 Å². The summed E-state index contributed by atoms with van der Waals surface area (Å²) in [6, 6.07) is 26.4. The Bertz CT molecular complexity index is 1200. The van der Waals surface area contributed by atoms with Crippen molar-refractivity contribution in [3.8, 4) is 0 Å². The fourth-order valence-electron chi connectivity index (χ4n) is 3.49. The quantitative estimate of drug-likeness (QED) is 0.290. The topological polar surface area (TPSA) is 38.0 Å². The molecule has 4 heteroatoms. The van der Waals surface area contributed by atoms with E-state index in [0.29, 0.717) is 16.0 Å². The number of aromatic nitrogens is 1. The molecule has 4 rings (SSSR count). The van der Waals surface area contributed by atoms with Gasteiger partial charge < -0.3 is 0 Å². The van der Waals surface area contributed by atoms with E-state index in [4.69, 9.17) is 0 Å². The normalized spacial score (nSPS) is 10.8. The van der Waals surface area contributed by atoms with E-state index in [1.807, 2.05) is 89.6 Å². The van der Waals surface area contributed by atoms with Gasteiger partial charge in [-0.25, -0.2) is 0 Å². The SMILES string of the molecule is O=C(C[n+]1ccc2ccccc2c1CC(=O)c1ccccc1S)c1ccccc1. The molecule has 0 aliphatic carbocycles. The Morgan fingerprint density at radius 3 is 2.24 bits per heavy atom. The van der Waals surface area contributed by atoms with Crippen molar-refractivity contribution < 1.29 is 14.2 Å². The van der Waals surface area contributed by atoms with Crippen molar-refractivity contribution in [3.05, 3.63) is 108 Å². The summed E-state index contributed by atoms with van der Waals surface area (Å²) in [5.74, 6) is -0.0120. The van der Waals surface area contributed by atoms with Crippen LogP contribution in [0.1, 0.15) is 26.4 Å². The Balaban J connectivity index is 1.74. The van der Waals surface area contributed by atoms with Crippen LogP contribution in [0.5, 0.6) is 0 Å². The van der Waals surface area contributed by atoms with E-state index in [1.54, 1.807) is 6.07 Å². The van der Waals surface area contributed by atoms with E-state index in [9.17, 15) is 9.59 Å². The average Bonchev–Trinajstić information content (AvgIpc) is 2.76. The van der Waals surface area contributed by atoms with Crippen LogP contribution in [0.4, 0.5) is 0 Å². The number of pyridine rings is 1. The lowest BCUT2D eigenvalue weighted by atomic mass is 10.0. The van der Waals surface area contributed by atoms with E-state index in [-0.39, 0.29) is 24.5 Å². The molecule has 0 aliphatic rings. The lowest BCUT2D eigenvalue weighted by Gasteiger charge is -2.08. The third-order valence-electron chi connectivity index (χ3n) is 4.99. The van der Waals surface area contributed by atoms with Crippen LogP contribution in [-0.2, 0) is 13.0 Å². The highest BCUT2D eigenvalue weighted by Crippen LogP contribution is 2.20. The number of hydrogen-bond donors (Lipinski definition) is 1. The number of fused-ring (bicyclic) bond motifs is 1. The van der Waals surface area contributed by atoms with Crippen molar-refractivity contribution in [1.29, 1.82) is 0 Å². The number of hydrogen-bond acceptors (Lipinski definition) is 3. The smallest absolute Gasteiger partial charge is 0.227 e. The average molecular weight is 399 g/mol. The highest BCUT2D eigenvalue weighted by atomic mass is 32.1. The van der Waals surface area contributed by atoms with Gasteiger partial charge >= 0.3 is 0 Å². The number of carbonyl (C=O) groups excluding carboxylic acids is 2.